The highest BCUT2D eigenvalue weighted by atomic mass is 16.6. The predicted octanol–water partition coefficient (Wildman–Crippen LogP) is -0.573. The summed E-state index contributed by atoms with van der Waals surface area (Å²) in [7, 11) is 0. The Bertz CT molecular complexity index is 94.7. The van der Waals surface area contributed by atoms with Crippen molar-refractivity contribution in [2.45, 2.75) is 0 Å². The molecule has 0 spiro atoms. The fourth-order valence-corrected chi connectivity index (χ4v) is 0.348. The summed E-state index contributed by atoms with van der Waals surface area (Å²) in [5.41, 5.74) is 0. The number of rotatable bonds is 0. The summed E-state index contributed by atoms with van der Waals surface area (Å²) in [6.07, 6.45) is -0.296. The SMILES string of the molecule is O=C1NCCO1.O=CO. The monoisotopic (exact) mass is 133 g/mol. The molecule has 2 N–H and O–H groups in total. The van der Waals surface area contributed by atoms with Gasteiger partial charge in [0.25, 0.3) is 6.47 Å². The van der Waals surface area contributed by atoms with Crippen LogP contribution in [-0.4, -0.2) is 30.8 Å². The zero-order chi connectivity index (χ0) is 7.11. The molecule has 0 aliphatic carbocycles. The highest BCUT2D eigenvalue weighted by molar-refractivity contribution is 5.68. The van der Waals surface area contributed by atoms with Gasteiger partial charge in [-0.2, -0.15) is 0 Å². The first-order chi connectivity index (χ1) is 4.31. The van der Waals surface area contributed by atoms with Crippen LogP contribution >= 0.6 is 0 Å². The standard InChI is InChI=1S/C3H5NO2.CH2O2/c5-3-4-1-2-6-3;2-1-3/h1-2H2,(H,4,5);1H,(H,2,3). The van der Waals surface area contributed by atoms with E-state index < -0.39 is 0 Å². The van der Waals surface area contributed by atoms with Crippen LogP contribution in [0.2, 0.25) is 0 Å². The fourth-order valence-electron chi connectivity index (χ4n) is 0.348. The van der Waals surface area contributed by atoms with E-state index in [1.165, 1.54) is 0 Å². The maximum Gasteiger partial charge on any atom is 0.407 e. The van der Waals surface area contributed by atoms with Gasteiger partial charge in [-0.25, -0.2) is 4.79 Å². The van der Waals surface area contributed by atoms with Crippen molar-refractivity contribution in [3.8, 4) is 0 Å². The van der Waals surface area contributed by atoms with E-state index in [4.69, 9.17) is 9.90 Å². The van der Waals surface area contributed by atoms with E-state index in [1.54, 1.807) is 0 Å². The fraction of sp³-hybridized carbons (Fsp3) is 0.500. The predicted molar refractivity (Wildman–Crippen MR) is 28.0 cm³/mol. The Morgan fingerprint density at radius 1 is 1.78 bits per heavy atom. The molecule has 0 aromatic heterocycles. The van der Waals surface area contributed by atoms with Gasteiger partial charge in [0.05, 0.1) is 6.54 Å². The van der Waals surface area contributed by atoms with E-state index in [2.05, 4.69) is 10.1 Å². The number of cyclic esters (lactones) is 1. The first kappa shape index (κ1) is 7.74. The minimum atomic E-state index is -0.296. The highest BCUT2D eigenvalue weighted by Crippen LogP contribution is 1.82. The molecule has 0 saturated carbocycles. The van der Waals surface area contributed by atoms with Crippen LogP contribution in [0.15, 0.2) is 0 Å². The van der Waals surface area contributed by atoms with Crippen LogP contribution in [0, 0.1) is 0 Å². The maximum atomic E-state index is 9.91. The van der Waals surface area contributed by atoms with Crippen molar-refractivity contribution < 1.29 is 19.4 Å². The Kier molecular flexibility index (Phi) is 4.20. The normalized spacial score (nSPS) is 14.4. The second-order valence-corrected chi connectivity index (χ2v) is 1.17. The molecule has 5 nitrogen and oxygen atoms in total. The average Bonchev–Trinajstić information content (AvgIpc) is 2.20. The van der Waals surface area contributed by atoms with Crippen molar-refractivity contribution in [3.05, 3.63) is 0 Å². The first-order valence-corrected chi connectivity index (χ1v) is 2.29. The summed E-state index contributed by atoms with van der Waals surface area (Å²) in [6.45, 7) is 0.942. The van der Waals surface area contributed by atoms with Crippen LogP contribution < -0.4 is 5.32 Å². The van der Waals surface area contributed by atoms with Gasteiger partial charge in [0.15, 0.2) is 0 Å². The zero-order valence-corrected chi connectivity index (χ0v) is 4.66. The van der Waals surface area contributed by atoms with E-state index in [0.29, 0.717) is 13.2 Å². The smallest absolute Gasteiger partial charge is 0.407 e. The lowest BCUT2D eigenvalue weighted by Crippen LogP contribution is -2.11. The van der Waals surface area contributed by atoms with E-state index in [1.807, 2.05) is 0 Å². The van der Waals surface area contributed by atoms with Crippen LogP contribution in [0.1, 0.15) is 0 Å². The molecule has 9 heavy (non-hydrogen) atoms. The van der Waals surface area contributed by atoms with Gasteiger partial charge in [0.1, 0.15) is 6.61 Å². The molecule has 1 fully saturated rings. The van der Waals surface area contributed by atoms with Gasteiger partial charge >= 0.3 is 6.09 Å². The Labute approximate surface area is 51.6 Å². The summed E-state index contributed by atoms with van der Waals surface area (Å²) in [5, 5.41) is 9.35. The number of ether oxygens (including phenoxy) is 1. The van der Waals surface area contributed by atoms with Crippen molar-refractivity contribution in [2.75, 3.05) is 13.2 Å². The Morgan fingerprint density at radius 3 is 2.44 bits per heavy atom. The van der Waals surface area contributed by atoms with Crippen LogP contribution in [-0.2, 0) is 9.53 Å². The minimum Gasteiger partial charge on any atom is -0.483 e. The van der Waals surface area contributed by atoms with Crippen molar-refractivity contribution in [1.82, 2.24) is 5.32 Å². The minimum absolute atomic E-state index is 0.250. The van der Waals surface area contributed by atoms with Gasteiger partial charge in [-0.15, -0.1) is 0 Å². The molecule has 1 heterocycles. The molecule has 0 bridgehead atoms. The topological polar surface area (TPSA) is 75.6 Å². The first-order valence-electron chi connectivity index (χ1n) is 2.29. The van der Waals surface area contributed by atoms with Gasteiger partial charge in [0.2, 0.25) is 0 Å². The molecule has 5 heteroatoms. The van der Waals surface area contributed by atoms with E-state index in [9.17, 15) is 4.79 Å². The summed E-state index contributed by atoms with van der Waals surface area (Å²) >= 11 is 0. The lowest BCUT2D eigenvalue weighted by molar-refractivity contribution is -0.122. The molecule has 1 aliphatic rings. The third kappa shape index (κ3) is 4.60. The third-order valence-electron chi connectivity index (χ3n) is 0.605. The number of amides is 1. The quantitative estimate of drug-likeness (QED) is 0.434. The number of carbonyl (C=O) groups excluding carboxylic acids is 1. The summed E-state index contributed by atoms with van der Waals surface area (Å²) in [5.74, 6) is 0. The Balaban J connectivity index is 0.000000187. The molecule has 1 amide bonds. The number of hydrogen-bond acceptors (Lipinski definition) is 3. The molecule has 1 rings (SSSR count). The molecule has 0 aromatic carbocycles. The lowest BCUT2D eigenvalue weighted by Gasteiger charge is -1.80. The van der Waals surface area contributed by atoms with Crippen molar-refractivity contribution in [1.29, 1.82) is 0 Å². The average molecular weight is 133 g/mol. The molecule has 52 valence electrons. The second-order valence-electron chi connectivity index (χ2n) is 1.17. The Morgan fingerprint density at radius 2 is 2.33 bits per heavy atom. The number of alkyl carbamates (subject to hydrolysis) is 1. The Hall–Kier alpha value is -1.26. The van der Waals surface area contributed by atoms with Gasteiger partial charge in [-0.3, -0.25) is 4.79 Å². The van der Waals surface area contributed by atoms with Gasteiger partial charge in [-0.05, 0) is 0 Å². The van der Waals surface area contributed by atoms with Crippen LogP contribution in [0.4, 0.5) is 4.79 Å². The van der Waals surface area contributed by atoms with Crippen LogP contribution in [0.25, 0.3) is 0 Å². The summed E-state index contributed by atoms with van der Waals surface area (Å²) in [6, 6.07) is 0. The van der Waals surface area contributed by atoms with E-state index >= 15 is 0 Å². The lowest BCUT2D eigenvalue weighted by atomic mass is 10.7. The summed E-state index contributed by atoms with van der Waals surface area (Å²) < 4.78 is 4.40. The van der Waals surface area contributed by atoms with Crippen molar-refractivity contribution in [3.63, 3.8) is 0 Å². The molecular formula is C4H7NO4. The molecule has 0 unspecified atom stereocenters. The second kappa shape index (κ2) is 4.89. The van der Waals surface area contributed by atoms with Crippen molar-refractivity contribution in [2.24, 2.45) is 0 Å². The largest absolute Gasteiger partial charge is 0.483 e. The van der Waals surface area contributed by atoms with E-state index in [0.717, 1.165) is 0 Å². The van der Waals surface area contributed by atoms with Gasteiger partial charge in [-0.1, -0.05) is 0 Å². The van der Waals surface area contributed by atoms with Gasteiger partial charge in [0, 0.05) is 0 Å². The third-order valence-corrected chi connectivity index (χ3v) is 0.605. The molecule has 1 aliphatic heterocycles. The molecular weight excluding hydrogens is 126 g/mol. The molecule has 1 saturated heterocycles. The van der Waals surface area contributed by atoms with E-state index in [-0.39, 0.29) is 12.6 Å². The zero-order valence-electron chi connectivity index (χ0n) is 4.66. The molecule has 0 aromatic rings. The number of carboxylic acid groups (broad SMARTS) is 1. The van der Waals surface area contributed by atoms with Crippen LogP contribution in [0.3, 0.4) is 0 Å². The highest BCUT2D eigenvalue weighted by Gasteiger charge is 2.06. The van der Waals surface area contributed by atoms with Gasteiger partial charge < -0.3 is 15.2 Å². The van der Waals surface area contributed by atoms with Crippen molar-refractivity contribution >= 4 is 12.6 Å². The number of hydrogen-bond donors (Lipinski definition) is 2. The summed E-state index contributed by atoms with van der Waals surface area (Å²) in [4.78, 5) is 18.3. The number of nitrogens with one attached hydrogen (secondary N) is 1. The maximum absolute atomic E-state index is 9.91. The number of carbonyl (C=O) groups is 2. The molecule has 0 radical (unpaired) electrons. The van der Waals surface area contributed by atoms with Crippen LogP contribution in [0.5, 0.6) is 0 Å². The molecule has 0 atom stereocenters.